The van der Waals surface area contributed by atoms with Crippen molar-refractivity contribution in [2.45, 2.75) is 13.2 Å². The van der Waals surface area contributed by atoms with Crippen molar-refractivity contribution in [2.24, 2.45) is 0 Å². The van der Waals surface area contributed by atoms with Gasteiger partial charge in [-0.1, -0.05) is 30.3 Å². The van der Waals surface area contributed by atoms with Gasteiger partial charge in [-0.15, -0.1) is 0 Å². The lowest BCUT2D eigenvalue weighted by Gasteiger charge is -2.35. The molecule has 0 N–H and O–H groups in total. The van der Waals surface area contributed by atoms with Crippen LogP contribution in [0.4, 0.5) is 5.69 Å². The van der Waals surface area contributed by atoms with Crippen molar-refractivity contribution < 1.29 is 13.9 Å². The van der Waals surface area contributed by atoms with Crippen LogP contribution < -0.4 is 19.8 Å². The molecule has 6 nitrogen and oxygen atoms in total. The first-order valence-corrected chi connectivity index (χ1v) is 10.1. The first-order chi connectivity index (χ1) is 14.7. The van der Waals surface area contributed by atoms with Gasteiger partial charge in [0, 0.05) is 37.9 Å². The summed E-state index contributed by atoms with van der Waals surface area (Å²) in [5.41, 5.74) is 2.06. The van der Waals surface area contributed by atoms with Crippen LogP contribution in [0.15, 0.2) is 76.1 Å². The summed E-state index contributed by atoms with van der Waals surface area (Å²) in [4.78, 5) is 17.0. The van der Waals surface area contributed by atoms with E-state index in [0.29, 0.717) is 18.9 Å². The fourth-order valence-electron chi connectivity index (χ4n) is 3.54. The average Bonchev–Trinajstić information content (AvgIpc) is 2.80. The van der Waals surface area contributed by atoms with Gasteiger partial charge in [0.2, 0.25) is 11.2 Å². The third-order valence-electron chi connectivity index (χ3n) is 5.28. The molecular formula is C24H26N2O4. The number of nitrogens with zero attached hydrogens (tertiary/aromatic N) is 2. The third kappa shape index (κ3) is 5.02. The second-order valence-corrected chi connectivity index (χ2v) is 7.31. The predicted molar refractivity (Wildman–Crippen MR) is 116 cm³/mol. The molecule has 6 heteroatoms. The molecule has 0 unspecified atom stereocenters. The normalized spacial score (nSPS) is 14.5. The molecule has 3 aromatic rings. The zero-order valence-electron chi connectivity index (χ0n) is 17.1. The molecule has 0 bridgehead atoms. The number of benzene rings is 2. The van der Waals surface area contributed by atoms with E-state index in [2.05, 4.69) is 21.9 Å². The van der Waals surface area contributed by atoms with Crippen LogP contribution in [-0.4, -0.2) is 38.2 Å². The van der Waals surface area contributed by atoms with Gasteiger partial charge in [0.25, 0.3) is 0 Å². The minimum atomic E-state index is -0.149. The van der Waals surface area contributed by atoms with E-state index in [0.717, 1.165) is 37.5 Å². The molecule has 2 heterocycles. The summed E-state index contributed by atoms with van der Waals surface area (Å²) in [5.74, 6) is 1.76. The quantitative estimate of drug-likeness (QED) is 0.598. The van der Waals surface area contributed by atoms with Crippen LogP contribution in [0.25, 0.3) is 0 Å². The van der Waals surface area contributed by atoms with Crippen LogP contribution in [0.1, 0.15) is 11.3 Å². The van der Waals surface area contributed by atoms with Crippen LogP contribution in [0.2, 0.25) is 0 Å². The summed E-state index contributed by atoms with van der Waals surface area (Å²) in [6, 6.07) is 19.4. The predicted octanol–water partition coefficient (Wildman–Crippen LogP) is 3.55. The number of hydrogen-bond acceptors (Lipinski definition) is 6. The lowest BCUT2D eigenvalue weighted by Crippen LogP contribution is -2.46. The molecule has 0 aliphatic carbocycles. The number of methoxy groups -OCH3 is 1. The topological polar surface area (TPSA) is 55.2 Å². The van der Waals surface area contributed by atoms with Crippen LogP contribution in [0.5, 0.6) is 11.5 Å². The summed E-state index contributed by atoms with van der Waals surface area (Å²) in [7, 11) is 1.67. The first-order valence-electron chi connectivity index (χ1n) is 10.1. The Bertz CT molecular complexity index is 994. The Morgan fingerprint density at radius 1 is 0.967 bits per heavy atom. The summed E-state index contributed by atoms with van der Waals surface area (Å²) < 4.78 is 16.5. The van der Waals surface area contributed by atoms with Crippen LogP contribution in [0.3, 0.4) is 0 Å². The minimum absolute atomic E-state index is 0.149. The van der Waals surface area contributed by atoms with Crippen molar-refractivity contribution in [3.63, 3.8) is 0 Å². The lowest BCUT2D eigenvalue weighted by molar-refractivity contribution is 0.224. The van der Waals surface area contributed by atoms with Gasteiger partial charge in [-0.25, -0.2) is 0 Å². The van der Waals surface area contributed by atoms with Gasteiger partial charge in [0.15, 0.2) is 0 Å². The molecule has 1 saturated heterocycles. The Morgan fingerprint density at radius 3 is 2.37 bits per heavy atom. The van der Waals surface area contributed by atoms with Crippen molar-refractivity contribution in [1.82, 2.24) is 4.90 Å². The van der Waals surface area contributed by atoms with Gasteiger partial charge in [-0.2, -0.15) is 0 Å². The molecule has 1 aliphatic heterocycles. The van der Waals surface area contributed by atoms with Crippen LogP contribution in [0, 0.1) is 0 Å². The van der Waals surface area contributed by atoms with E-state index < -0.39 is 0 Å². The first kappa shape index (κ1) is 20.0. The number of ether oxygens (including phenoxy) is 2. The van der Waals surface area contributed by atoms with Crippen molar-refractivity contribution >= 4 is 5.69 Å². The molecule has 1 fully saturated rings. The van der Waals surface area contributed by atoms with Gasteiger partial charge in [0.05, 0.1) is 13.7 Å². The molecular weight excluding hydrogens is 380 g/mol. The molecule has 0 spiro atoms. The summed E-state index contributed by atoms with van der Waals surface area (Å²) in [6.45, 7) is 4.62. The second-order valence-electron chi connectivity index (χ2n) is 7.31. The molecule has 30 heavy (non-hydrogen) atoms. The van der Waals surface area contributed by atoms with Crippen molar-refractivity contribution in [3.8, 4) is 11.5 Å². The second kappa shape index (κ2) is 9.50. The van der Waals surface area contributed by atoms with E-state index in [9.17, 15) is 4.79 Å². The fraction of sp³-hybridized carbons (Fsp3) is 0.292. The molecule has 0 atom stereocenters. The number of hydrogen-bond donors (Lipinski definition) is 0. The Hall–Kier alpha value is -3.25. The molecule has 1 aromatic heterocycles. The Balaban J connectivity index is 1.29. The zero-order valence-corrected chi connectivity index (χ0v) is 17.1. The molecule has 0 saturated carbocycles. The number of rotatable bonds is 7. The highest BCUT2D eigenvalue weighted by Gasteiger charge is 2.18. The van der Waals surface area contributed by atoms with E-state index in [-0.39, 0.29) is 11.2 Å². The summed E-state index contributed by atoms with van der Waals surface area (Å²) in [5, 5.41) is 0. The van der Waals surface area contributed by atoms with Gasteiger partial charge < -0.3 is 18.8 Å². The Labute approximate surface area is 176 Å². The van der Waals surface area contributed by atoms with E-state index in [4.69, 9.17) is 13.9 Å². The molecule has 0 amide bonds. The maximum Gasteiger partial charge on any atom is 0.227 e. The van der Waals surface area contributed by atoms with Gasteiger partial charge in [0.1, 0.15) is 24.4 Å². The number of anilines is 1. The Morgan fingerprint density at radius 2 is 1.70 bits per heavy atom. The average molecular weight is 406 g/mol. The standard InChI is InChI=1S/C24H26N2O4/c1-28-21-9-7-20(8-10-21)26-13-11-25(12-14-26)16-22-15-23(27)24(18-29-22)30-17-19-5-3-2-4-6-19/h2-10,15,18H,11-14,16-17H2,1H3. The summed E-state index contributed by atoms with van der Waals surface area (Å²) >= 11 is 0. The highest BCUT2D eigenvalue weighted by molar-refractivity contribution is 5.49. The number of piperazine rings is 1. The van der Waals surface area contributed by atoms with Gasteiger partial charge in [-0.3, -0.25) is 9.69 Å². The van der Waals surface area contributed by atoms with Crippen LogP contribution in [-0.2, 0) is 13.2 Å². The van der Waals surface area contributed by atoms with Crippen molar-refractivity contribution in [2.75, 3.05) is 38.2 Å². The summed E-state index contributed by atoms with van der Waals surface area (Å²) in [6.07, 6.45) is 1.42. The largest absolute Gasteiger partial charge is 0.497 e. The van der Waals surface area contributed by atoms with Gasteiger partial charge in [-0.05, 0) is 29.8 Å². The molecule has 1 aliphatic rings. The molecule has 156 valence electrons. The third-order valence-corrected chi connectivity index (χ3v) is 5.28. The lowest BCUT2D eigenvalue weighted by atomic mass is 10.2. The highest BCUT2D eigenvalue weighted by atomic mass is 16.5. The molecule has 2 aromatic carbocycles. The van der Waals surface area contributed by atoms with Crippen molar-refractivity contribution in [3.05, 3.63) is 88.5 Å². The highest BCUT2D eigenvalue weighted by Crippen LogP contribution is 2.21. The fourth-order valence-corrected chi connectivity index (χ4v) is 3.54. The molecule has 0 radical (unpaired) electrons. The van der Waals surface area contributed by atoms with Gasteiger partial charge >= 0.3 is 0 Å². The van der Waals surface area contributed by atoms with Crippen LogP contribution >= 0.6 is 0 Å². The smallest absolute Gasteiger partial charge is 0.227 e. The van der Waals surface area contributed by atoms with Crippen molar-refractivity contribution in [1.29, 1.82) is 0 Å². The minimum Gasteiger partial charge on any atom is -0.497 e. The maximum absolute atomic E-state index is 12.4. The maximum atomic E-state index is 12.4. The molecule has 4 rings (SSSR count). The Kier molecular flexibility index (Phi) is 6.35. The van der Waals surface area contributed by atoms with E-state index in [1.54, 1.807) is 7.11 Å². The van der Waals surface area contributed by atoms with E-state index in [1.165, 1.54) is 18.0 Å². The van der Waals surface area contributed by atoms with E-state index in [1.807, 2.05) is 42.5 Å². The SMILES string of the molecule is COc1ccc(N2CCN(Cc3cc(=O)c(OCc4ccccc4)co3)CC2)cc1. The zero-order chi connectivity index (χ0) is 20.8. The van der Waals surface area contributed by atoms with E-state index >= 15 is 0 Å². The monoisotopic (exact) mass is 406 g/mol.